The number of benzene rings is 2. The van der Waals surface area contributed by atoms with E-state index in [4.69, 9.17) is 0 Å². The van der Waals surface area contributed by atoms with Gasteiger partial charge in [0.05, 0.1) is 12.7 Å². The van der Waals surface area contributed by atoms with Crippen molar-refractivity contribution in [3.05, 3.63) is 68.8 Å². The summed E-state index contributed by atoms with van der Waals surface area (Å²) in [6, 6.07) is 12.2. The Kier molecular flexibility index (Phi) is 6.51. The van der Waals surface area contributed by atoms with Gasteiger partial charge in [-0.25, -0.2) is 9.59 Å². The molecule has 2 aromatic rings. The Hall–Kier alpha value is -2.42. The normalized spacial score (nSPS) is 11.4. The van der Waals surface area contributed by atoms with E-state index in [2.05, 4.69) is 32.6 Å². The van der Waals surface area contributed by atoms with Crippen LogP contribution in [0.4, 0.5) is 0 Å². The molecule has 0 radical (unpaired) electrons. The SMILES string of the molecule is COC(=O)c1cccc(C(=O)N[C@H](Cc2ccccc2I)C(=O)O)c1. The molecule has 0 aliphatic rings. The first-order valence-corrected chi connectivity index (χ1v) is 8.45. The van der Waals surface area contributed by atoms with E-state index in [0.717, 1.165) is 9.13 Å². The predicted octanol–water partition coefficient (Wildman–Crippen LogP) is 2.50. The highest BCUT2D eigenvalue weighted by Crippen LogP contribution is 2.14. The van der Waals surface area contributed by atoms with E-state index in [0.29, 0.717) is 0 Å². The first kappa shape index (κ1) is 18.9. The van der Waals surface area contributed by atoms with Crippen LogP contribution in [0.25, 0.3) is 0 Å². The average molecular weight is 453 g/mol. The number of halogens is 1. The van der Waals surface area contributed by atoms with E-state index >= 15 is 0 Å². The van der Waals surface area contributed by atoms with Crippen LogP contribution in [-0.2, 0) is 16.0 Å². The van der Waals surface area contributed by atoms with Gasteiger partial charge in [-0.05, 0) is 52.4 Å². The Labute approximate surface area is 158 Å². The van der Waals surface area contributed by atoms with Crippen LogP contribution >= 0.6 is 22.6 Å². The maximum absolute atomic E-state index is 12.4. The molecule has 0 saturated carbocycles. The molecular formula is C18H16INO5. The number of carbonyl (C=O) groups is 3. The molecule has 6 nitrogen and oxygen atoms in total. The van der Waals surface area contributed by atoms with Crippen molar-refractivity contribution >= 4 is 40.4 Å². The molecule has 0 heterocycles. The molecule has 0 unspecified atom stereocenters. The monoisotopic (exact) mass is 453 g/mol. The summed E-state index contributed by atoms with van der Waals surface area (Å²) in [4.78, 5) is 35.4. The third-order valence-electron chi connectivity index (χ3n) is 3.53. The Morgan fingerprint density at radius 3 is 2.44 bits per heavy atom. The summed E-state index contributed by atoms with van der Waals surface area (Å²) in [5.74, 6) is -2.26. The molecule has 7 heteroatoms. The summed E-state index contributed by atoms with van der Waals surface area (Å²) in [7, 11) is 1.25. The fourth-order valence-corrected chi connectivity index (χ4v) is 2.84. The molecular weight excluding hydrogens is 437 g/mol. The third-order valence-corrected chi connectivity index (χ3v) is 4.58. The maximum Gasteiger partial charge on any atom is 0.337 e. The zero-order valence-electron chi connectivity index (χ0n) is 13.4. The molecule has 1 amide bonds. The van der Waals surface area contributed by atoms with Crippen LogP contribution < -0.4 is 5.32 Å². The number of nitrogens with one attached hydrogen (secondary N) is 1. The fourth-order valence-electron chi connectivity index (χ4n) is 2.23. The highest BCUT2D eigenvalue weighted by atomic mass is 127. The second kappa shape index (κ2) is 8.61. The molecule has 130 valence electrons. The molecule has 0 aliphatic carbocycles. The number of ether oxygens (including phenoxy) is 1. The molecule has 1 atom stereocenters. The van der Waals surface area contributed by atoms with Gasteiger partial charge in [-0.1, -0.05) is 24.3 Å². The van der Waals surface area contributed by atoms with Crippen LogP contribution in [0, 0.1) is 3.57 Å². The van der Waals surface area contributed by atoms with E-state index in [1.54, 1.807) is 0 Å². The second-order valence-corrected chi connectivity index (χ2v) is 6.39. The van der Waals surface area contributed by atoms with Crippen LogP contribution in [0.2, 0.25) is 0 Å². The van der Waals surface area contributed by atoms with Crippen molar-refractivity contribution in [2.24, 2.45) is 0 Å². The second-order valence-electron chi connectivity index (χ2n) is 5.23. The Morgan fingerprint density at radius 2 is 1.80 bits per heavy atom. The first-order chi connectivity index (χ1) is 11.9. The quantitative estimate of drug-likeness (QED) is 0.518. The fraction of sp³-hybridized carbons (Fsp3) is 0.167. The van der Waals surface area contributed by atoms with Crippen LogP contribution in [0.15, 0.2) is 48.5 Å². The number of aliphatic carboxylic acids is 1. The van der Waals surface area contributed by atoms with Gasteiger partial charge in [-0.3, -0.25) is 4.79 Å². The molecule has 2 aromatic carbocycles. The van der Waals surface area contributed by atoms with E-state index in [1.165, 1.54) is 31.4 Å². The van der Waals surface area contributed by atoms with E-state index in [1.807, 2.05) is 24.3 Å². The first-order valence-electron chi connectivity index (χ1n) is 7.38. The van der Waals surface area contributed by atoms with Gasteiger partial charge in [0.15, 0.2) is 0 Å². The van der Waals surface area contributed by atoms with Crippen molar-refractivity contribution in [2.45, 2.75) is 12.5 Å². The Balaban J connectivity index is 2.17. The van der Waals surface area contributed by atoms with Gasteiger partial charge in [0.25, 0.3) is 5.91 Å². The number of hydrogen-bond acceptors (Lipinski definition) is 4. The van der Waals surface area contributed by atoms with Crippen LogP contribution in [0.5, 0.6) is 0 Å². The Morgan fingerprint density at radius 1 is 1.12 bits per heavy atom. The van der Waals surface area contributed by atoms with Crippen molar-refractivity contribution < 1.29 is 24.2 Å². The highest BCUT2D eigenvalue weighted by molar-refractivity contribution is 14.1. The van der Waals surface area contributed by atoms with Gasteiger partial charge in [-0.15, -0.1) is 0 Å². The van der Waals surface area contributed by atoms with Crippen molar-refractivity contribution in [1.82, 2.24) is 5.32 Å². The molecule has 0 saturated heterocycles. The molecule has 0 fully saturated rings. The smallest absolute Gasteiger partial charge is 0.337 e. The molecule has 2 rings (SSSR count). The van der Waals surface area contributed by atoms with Crippen LogP contribution in [0.3, 0.4) is 0 Å². The van der Waals surface area contributed by atoms with E-state index in [9.17, 15) is 19.5 Å². The predicted molar refractivity (Wildman–Crippen MR) is 99.5 cm³/mol. The number of methoxy groups -OCH3 is 1. The standard InChI is InChI=1S/C18H16INO5/c1-25-18(24)13-7-4-6-12(9-13)16(21)20-15(17(22)23)10-11-5-2-3-8-14(11)19/h2-9,15H,10H2,1H3,(H,20,21)(H,22,23)/t15-/m1/s1. The topological polar surface area (TPSA) is 92.7 Å². The zero-order valence-corrected chi connectivity index (χ0v) is 15.5. The lowest BCUT2D eigenvalue weighted by Gasteiger charge is -2.16. The van der Waals surface area contributed by atoms with Crippen molar-refractivity contribution in [2.75, 3.05) is 7.11 Å². The highest BCUT2D eigenvalue weighted by Gasteiger charge is 2.22. The van der Waals surface area contributed by atoms with E-state index in [-0.39, 0.29) is 17.5 Å². The lowest BCUT2D eigenvalue weighted by Crippen LogP contribution is -2.42. The van der Waals surface area contributed by atoms with Crippen molar-refractivity contribution in [3.63, 3.8) is 0 Å². The third kappa shape index (κ3) is 5.02. The summed E-state index contributed by atoms with van der Waals surface area (Å²) >= 11 is 2.12. The minimum atomic E-state index is -1.13. The summed E-state index contributed by atoms with van der Waals surface area (Å²) in [5, 5.41) is 11.9. The van der Waals surface area contributed by atoms with E-state index < -0.39 is 23.9 Å². The summed E-state index contributed by atoms with van der Waals surface area (Å²) < 4.78 is 5.54. The molecule has 0 aromatic heterocycles. The summed E-state index contributed by atoms with van der Waals surface area (Å²) in [5.41, 5.74) is 1.25. The van der Waals surface area contributed by atoms with Crippen LogP contribution in [-0.4, -0.2) is 36.1 Å². The van der Waals surface area contributed by atoms with Crippen LogP contribution in [0.1, 0.15) is 26.3 Å². The van der Waals surface area contributed by atoms with Gasteiger partial charge in [-0.2, -0.15) is 0 Å². The number of amides is 1. The van der Waals surface area contributed by atoms with Gasteiger partial charge in [0.2, 0.25) is 0 Å². The number of carboxylic acids is 1. The maximum atomic E-state index is 12.4. The molecule has 2 N–H and O–H groups in total. The molecule has 0 aliphatic heterocycles. The minimum Gasteiger partial charge on any atom is -0.480 e. The lowest BCUT2D eigenvalue weighted by molar-refractivity contribution is -0.139. The van der Waals surface area contributed by atoms with Gasteiger partial charge in [0, 0.05) is 15.6 Å². The lowest BCUT2D eigenvalue weighted by atomic mass is 10.0. The number of esters is 1. The zero-order chi connectivity index (χ0) is 18.4. The number of carboxylic acid groups (broad SMARTS) is 1. The molecule has 0 spiro atoms. The van der Waals surface area contributed by atoms with Gasteiger partial charge >= 0.3 is 11.9 Å². The molecule has 25 heavy (non-hydrogen) atoms. The van der Waals surface area contributed by atoms with Crippen molar-refractivity contribution in [3.8, 4) is 0 Å². The van der Waals surface area contributed by atoms with Gasteiger partial charge < -0.3 is 15.2 Å². The van der Waals surface area contributed by atoms with Gasteiger partial charge in [0.1, 0.15) is 6.04 Å². The largest absolute Gasteiger partial charge is 0.480 e. The summed E-state index contributed by atoms with van der Waals surface area (Å²) in [6.07, 6.45) is 0.164. The van der Waals surface area contributed by atoms with Crippen molar-refractivity contribution in [1.29, 1.82) is 0 Å². The number of hydrogen-bond donors (Lipinski definition) is 2. The minimum absolute atomic E-state index is 0.164. The number of rotatable bonds is 6. The summed E-state index contributed by atoms with van der Waals surface area (Å²) in [6.45, 7) is 0. The molecule has 0 bridgehead atoms. The Bertz CT molecular complexity index is 806. The average Bonchev–Trinajstić information content (AvgIpc) is 2.62. The number of carbonyl (C=O) groups excluding carboxylic acids is 2.